The highest BCUT2D eigenvalue weighted by atomic mass is 16.1. The number of aryl methyl sites for hydroxylation is 2. The molecule has 0 aliphatic heterocycles. The molecule has 0 amide bonds. The van der Waals surface area contributed by atoms with Gasteiger partial charge in [-0.2, -0.15) is 0 Å². The number of carbonyl (C=O) groups excluding carboxylic acids is 1. The molecule has 0 aromatic heterocycles. The Hall–Kier alpha value is -1.89. The lowest BCUT2D eigenvalue weighted by Crippen LogP contribution is -2.13. The highest BCUT2D eigenvalue weighted by molar-refractivity contribution is 5.78. The van der Waals surface area contributed by atoms with E-state index in [-0.39, 0.29) is 0 Å². The monoisotopic (exact) mass is 683 g/mol. The topological polar surface area (TPSA) is 17.1 Å². The molecule has 0 atom stereocenters. The summed E-state index contributed by atoms with van der Waals surface area (Å²) in [6, 6.07) is 19.3. The van der Waals surface area contributed by atoms with E-state index in [0.29, 0.717) is 5.78 Å². The van der Waals surface area contributed by atoms with Crippen molar-refractivity contribution in [3.63, 3.8) is 0 Å². The first-order chi connectivity index (χ1) is 24.6. The van der Waals surface area contributed by atoms with Gasteiger partial charge in [-0.05, 0) is 136 Å². The lowest BCUT2D eigenvalue weighted by Gasteiger charge is -2.29. The van der Waals surface area contributed by atoms with Crippen LogP contribution in [0.15, 0.2) is 48.5 Å². The highest BCUT2D eigenvalue weighted by Gasteiger charge is 2.23. The molecule has 1 nitrogen and oxygen atoms in total. The molecule has 0 unspecified atom stereocenters. The molecule has 0 N–H and O–H groups in total. The molecule has 2 aliphatic rings. The SMILES string of the molecule is CCCCCC1CCC(c2ccc(CCCCCCCC(=O)CCCCCCCc3ccc([C@H]4CC[C@H](CCCCC)CC4)cc3)cc2)CC1. The van der Waals surface area contributed by atoms with Crippen molar-refractivity contribution in [3.8, 4) is 0 Å². The van der Waals surface area contributed by atoms with Gasteiger partial charge >= 0.3 is 0 Å². The van der Waals surface area contributed by atoms with Gasteiger partial charge < -0.3 is 0 Å². The molecule has 2 aromatic rings. The minimum atomic E-state index is 0.500. The summed E-state index contributed by atoms with van der Waals surface area (Å²) in [4.78, 5) is 12.4. The van der Waals surface area contributed by atoms with Gasteiger partial charge in [-0.1, -0.05) is 152 Å². The molecule has 280 valence electrons. The van der Waals surface area contributed by atoms with E-state index >= 15 is 0 Å². The summed E-state index contributed by atoms with van der Waals surface area (Å²) < 4.78 is 0. The fourth-order valence-corrected chi connectivity index (χ4v) is 9.34. The minimum Gasteiger partial charge on any atom is -0.300 e. The summed E-state index contributed by atoms with van der Waals surface area (Å²) in [5.41, 5.74) is 6.18. The fourth-order valence-electron chi connectivity index (χ4n) is 9.34. The van der Waals surface area contributed by atoms with E-state index in [9.17, 15) is 4.79 Å². The first-order valence-electron chi connectivity index (χ1n) is 22.3. The Balaban J connectivity index is 0.924. The van der Waals surface area contributed by atoms with Gasteiger partial charge in [0.2, 0.25) is 0 Å². The number of ketones is 1. The Kier molecular flexibility index (Phi) is 20.6. The van der Waals surface area contributed by atoms with Gasteiger partial charge in [-0.3, -0.25) is 4.79 Å². The van der Waals surface area contributed by atoms with Crippen molar-refractivity contribution in [2.24, 2.45) is 11.8 Å². The van der Waals surface area contributed by atoms with Crippen molar-refractivity contribution < 1.29 is 4.79 Å². The summed E-state index contributed by atoms with van der Waals surface area (Å²) in [6.45, 7) is 4.63. The first-order valence-corrected chi connectivity index (χ1v) is 22.3. The Morgan fingerprint density at radius 3 is 1.18 bits per heavy atom. The molecule has 0 saturated heterocycles. The third kappa shape index (κ3) is 16.2. The number of hydrogen-bond acceptors (Lipinski definition) is 1. The number of carbonyl (C=O) groups is 1. The molecule has 1 heteroatoms. The van der Waals surface area contributed by atoms with Gasteiger partial charge in [0.15, 0.2) is 0 Å². The van der Waals surface area contributed by atoms with Crippen LogP contribution in [0, 0.1) is 11.8 Å². The molecule has 0 radical (unpaired) electrons. The molecule has 2 aliphatic carbocycles. The predicted molar refractivity (Wildman–Crippen MR) is 218 cm³/mol. The van der Waals surface area contributed by atoms with Crippen LogP contribution >= 0.6 is 0 Å². The van der Waals surface area contributed by atoms with Crippen LogP contribution in [-0.4, -0.2) is 5.78 Å². The Morgan fingerprint density at radius 1 is 0.440 bits per heavy atom. The van der Waals surface area contributed by atoms with Gasteiger partial charge in [0, 0.05) is 12.8 Å². The van der Waals surface area contributed by atoms with Gasteiger partial charge in [0.05, 0.1) is 0 Å². The summed E-state index contributed by atoms with van der Waals surface area (Å²) in [5, 5.41) is 0. The van der Waals surface area contributed by atoms with E-state index in [1.807, 2.05) is 0 Å². The molecule has 0 heterocycles. The molecule has 2 aromatic carbocycles. The molecular weight excluding hydrogens is 605 g/mol. The van der Waals surface area contributed by atoms with Crippen LogP contribution in [0.1, 0.15) is 228 Å². The number of rotatable bonds is 26. The van der Waals surface area contributed by atoms with Gasteiger partial charge in [0.1, 0.15) is 5.78 Å². The second-order valence-electron chi connectivity index (χ2n) is 17.0. The van der Waals surface area contributed by atoms with Gasteiger partial charge in [-0.15, -0.1) is 0 Å². The molecule has 0 bridgehead atoms. The third-order valence-corrected chi connectivity index (χ3v) is 12.9. The maximum Gasteiger partial charge on any atom is 0.132 e. The zero-order chi connectivity index (χ0) is 35.1. The maximum absolute atomic E-state index is 12.4. The van der Waals surface area contributed by atoms with Crippen LogP contribution < -0.4 is 0 Å². The fraction of sp³-hybridized carbons (Fsp3) is 0.735. The Morgan fingerprint density at radius 2 is 0.800 bits per heavy atom. The third-order valence-electron chi connectivity index (χ3n) is 12.9. The van der Waals surface area contributed by atoms with Crippen LogP contribution in [0.5, 0.6) is 0 Å². The molecule has 50 heavy (non-hydrogen) atoms. The van der Waals surface area contributed by atoms with E-state index in [1.54, 1.807) is 11.1 Å². The van der Waals surface area contributed by atoms with Crippen LogP contribution in [0.3, 0.4) is 0 Å². The van der Waals surface area contributed by atoms with Crippen LogP contribution in [-0.2, 0) is 17.6 Å². The standard InChI is InChI=1S/C49H78O/c1-3-5-13-19-41-25-33-45(34-26-41)47-37-29-43(30-38-47)21-15-9-7-11-17-23-49(50)24-18-12-8-10-16-22-44-31-39-48(40-32-44)46-35-27-42(28-36-46)20-14-6-4-2/h29-32,37-42,45-46H,3-28,33-36H2,1-2H3/t41-,42?,45-,46?. The molecule has 0 spiro atoms. The van der Waals surface area contributed by atoms with Crippen molar-refractivity contribution in [1.82, 2.24) is 0 Å². The summed E-state index contributed by atoms with van der Waals surface area (Å²) >= 11 is 0. The van der Waals surface area contributed by atoms with Crippen LogP contribution in [0.25, 0.3) is 0 Å². The lowest BCUT2D eigenvalue weighted by atomic mass is 9.77. The zero-order valence-corrected chi connectivity index (χ0v) is 33.0. The molecule has 4 rings (SSSR count). The van der Waals surface area contributed by atoms with E-state index in [2.05, 4.69) is 62.4 Å². The number of hydrogen-bond donors (Lipinski definition) is 0. The summed E-state index contributed by atoms with van der Waals surface area (Å²) in [5.74, 6) is 4.09. The quantitative estimate of drug-likeness (QED) is 0.0903. The Bertz CT molecular complexity index is 1020. The smallest absolute Gasteiger partial charge is 0.132 e. The van der Waals surface area contributed by atoms with E-state index in [0.717, 1.165) is 49.4 Å². The number of unbranched alkanes of at least 4 members (excludes halogenated alkanes) is 12. The number of benzene rings is 2. The predicted octanol–water partition coefficient (Wildman–Crippen LogP) is 15.4. The summed E-state index contributed by atoms with van der Waals surface area (Å²) in [6.07, 6.45) is 39.0. The minimum absolute atomic E-state index is 0.500. The van der Waals surface area contributed by atoms with E-state index < -0.39 is 0 Å². The second kappa shape index (κ2) is 25.1. The van der Waals surface area contributed by atoms with Crippen LogP contribution in [0.4, 0.5) is 0 Å². The normalized spacial score (nSPS) is 21.0. The van der Waals surface area contributed by atoms with Crippen LogP contribution in [0.2, 0.25) is 0 Å². The molecule has 2 fully saturated rings. The zero-order valence-electron chi connectivity index (χ0n) is 33.0. The van der Waals surface area contributed by atoms with Crippen molar-refractivity contribution >= 4 is 5.78 Å². The van der Waals surface area contributed by atoms with E-state index in [1.165, 1.54) is 178 Å². The maximum atomic E-state index is 12.4. The average Bonchev–Trinajstić information content (AvgIpc) is 3.15. The second-order valence-corrected chi connectivity index (χ2v) is 17.0. The Labute approximate surface area is 310 Å². The van der Waals surface area contributed by atoms with Crippen molar-refractivity contribution in [1.29, 1.82) is 0 Å². The summed E-state index contributed by atoms with van der Waals surface area (Å²) in [7, 11) is 0. The van der Waals surface area contributed by atoms with Gasteiger partial charge in [-0.25, -0.2) is 0 Å². The number of Topliss-reactive ketones (excluding diaryl/α,β-unsaturated/α-hetero) is 1. The highest BCUT2D eigenvalue weighted by Crippen LogP contribution is 2.39. The van der Waals surface area contributed by atoms with Crippen molar-refractivity contribution in [2.45, 2.75) is 218 Å². The first kappa shape index (κ1) is 40.9. The van der Waals surface area contributed by atoms with Gasteiger partial charge in [0.25, 0.3) is 0 Å². The molecular formula is C49H78O. The lowest BCUT2D eigenvalue weighted by molar-refractivity contribution is -0.119. The largest absolute Gasteiger partial charge is 0.300 e. The van der Waals surface area contributed by atoms with Crippen molar-refractivity contribution in [2.75, 3.05) is 0 Å². The average molecular weight is 683 g/mol. The van der Waals surface area contributed by atoms with E-state index in [4.69, 9.17) is 0 Å². The molecule has 2 saturated carbocycles. The van der Waals surface area contributed by atoms with Crippen molar-refractivity contribution in [3.05, 3.63) is 70.8 Å².